The van der Waals surface area contributed by atoms with Crippen molar-refractivity contribution in [2.75, 3.05) is 11.5 Å². The van der Waals surface area contributed by atoms with Gasteiger partial charge in [-0.25, -0.2) is 0 Å². The Morgan fingerprint density at radius 3 is 2.75 bits per heavy atom. The molecule has 0 atom stereocenters. The number of ether oxygens (including phenoxy) is 1. The molecule has 102 valence electrons. The van der Waals surface area contributed by atoms with E-state index in [1.165, 1.54) is 5.56 Å². The summed E-state index contributed by atoms with van der Waals surface area (Å²) in [4.78, 5) is 14.0. The fourth-order valence-corrected chi connectivity index (χ4v) is 2.44. The Morgan fingerprint density at radius 2 is 1.95 bits per heavy atom. The van der Waals surface area contributed by atoms with Gasteiger partial charge in [0.2, 0.25) is 0 Å². The number of carbonyl (C=O) groups is 1. The zero-order valence-corrected chi connectivity index (χ0v) is 11.7. The van der Waals surface area contributed by atoms with E-state index in [0.717, 1.165) is 22.6 Å². The highest BCUT2D eigenvalue weighted by molar-refractivity contribution is 5.97. The first kappa shape index (κ1) is 12.7. The van der Waals surface area contributed by atoms with Crippen LogP contribution in [0.4, 0.5) is 5.69 Å². The van der Waals surface area contributed by atoms with Crippen molar-refractivity contribution in [3.63, 3.8) is 0 Å². The van der Waals surface area contributed by atoms with Crippen LogP contribution in [0.5, 0.6) is 5.75 Å². The van der Waals surface area contributed by atoms with Gasteiger partial charge in [-0.3, -0.25) is 4.79 Å². The number of benzene rings is 2. The Hall–Kier alpha value is -2.29. The predicted octanol–water partition coefficient (Wildman–Crippen LogP) is 3.23. The minimum absolute atomic E-state index is 0.00588. The number of hydrogen-bond acceptors (Lipinski definition) is 2. The van der Waals surface area contributed by atoms with Gasteiger partial charge in [0, 0.05) is 0 Å². The van der Waals surface area contributed by atoms with Crippen molar-refractivity contribution in [3.05, 3.63) is 59.2 Å². The largest absolute Gasteiger partial charge is 0.482 e. The minimum atomic E-state index is 0.00588. The third-order valence-electron chi connectivity index (χ3n) is 3.65. The lowest BCUT2D eigenvalue weighted by Gasteiger charge is -2.30. The van der Waals surface area contributed by atoms with Crippen LogP contribution in [0.1, 0.15) is 16.7 Å². The van der Waals surface area contributed by atoms with E-state index in [9.17, 15) is 4.79 Å². The maximum atomic E-state index is 12.2. The molecule has 1 aliphatic rings. The molecule has 1 heterocycles. The lowest BCUT2D eigenvalue weighted by molar-refractivity contribution is -0.121. The van der Waals surface area contributed by atoms with Gasteiger partial charge in [-0.1, -0.05) is 30.3 Å². The summed E-state index contributed by atoms with van der Waals surface area (Å²) in [6.07, 6.45) is 0. The molecule has 0 aliphatic carbocycles. The summed E-state index contributed by atoms with van der Waals surface area (Å²) in [6.45, 7) is 4.79. The van der Waals surface area contributed by atoms with Gasteiger partial charge in [-0.15, -0.1) is 0 Å². The lowest BCUT2D eigenvalue weighted by Crippen LogP contribution is -2.38. The van der Waals surface area contributed by atoms with E-state index in [4.69, 9.17) is 4.74 Å². The Bertz CT molecular complexity index is 664. The van der Waals surface area contributed by atoms with Crippen molar-refractivity contribution in [1.29, 1.82) is 0 Å². The van der Waals surface area contributed by atoms with Crippen LogP contribution < -0.4 is 9.64 Å². The maximum Gasteiger partial charge on any atom is 0.265 e. The van der Waals surface area contributed by atoms with Crippen molar-refractivity contribution >= 4 is 11.6 Å². The smallest absolute Gasteiger partial charge is 0.265 e. The summed E-state index contributed by atoms with van der Waals surface area (Å²) in [5.74, 6) is 0.787. The molecule has 0 radical (unpaired) electrons. The molecule has 3 nitrogen and oxygen atoms in total. The Balaban J connectivity index is 1.99. The molecule has 0 spiro atoms. The molecule has 2 aromatic carbocycles. The zero-order chi connectivity index (χ0) is 14.1. The summed E-state index contributed by atoms with van der Waals surface area (Å²) in [5.41, 5.74) is 4.34. The van der Waals surface area contributed by atoms with Crippen molar-refractivity contribution in [3.8, 4) is 5.75 Å². The lowest BCUT2D eigenvalue weighted by atomic mass is 10.1. The molecule has 0 bridgehead atoms. The number of aryl methyl sites for hydroxylation is 2. The first-order valence-electron chi connectivity index (χ1n) is 6.73. The predicted molar refractivity (Wildman–Crippen MR) is 79.0 cm³/mol. The van der Waals surface area contributed by atoms with E-state index >= 15 is 0 Å². The van der Waals surface area contributed by atoms with Crippen LogP contribution in [0.25, 0.3) is 0 Å². The van der Waals surface area contributed by atoms with Gasteiger partial charge < -0.3 is 9.64 Å². The summed E-state index contributed by atoms with van der Waals surface area (Å²) in [7, 11) is 0. The first-order valence-corrected chi connectivity index (χ1v) is 6.73. The quantitative estimate of drug-likeness (QED) is 0.836. The Kier molecular flexibility index (Phi) is 3.18. The number of fused-ring (bicyclic) bond motifs is 1. The number of nitrogens with zero attached hydrogens (tertiary/aromatic N) is 1. The van der Waals surface area contributed by atoms with E-state index < -0.39 is 0 Å². The summed E-state index contributed by atoms with van der Waals surface area (Å²) in [6, 6.07) is 14.1. The van der Waals surface area contributed by atoms with Gasteiger partial charge in [-0.05, 0) is 42.7 Å². The number of anilines is 1. The molecule has 2 aromatic rings. The van der Waals surface area contributed by atoms with Gasteiger partial charge in [0.05, 0.1) is 12.2 Å². The van der Waals surface area contributed by atoms with Crippen LogP contribution in [0.15, 0.2) is 42.5 Å². The van der Waals surface area contributed by atoms with Gasteiger partial charge >= 0.3 is 0 Å². The summed E-state index contributed by atoms with van der Waals surface area (Å²) < 4.78 is 5.50. The van der Waals surface area contributed by atoms with Crippen LogP contribution in [0.3, 0.4) is 0 Å². The second-order valence-electron chi connectivity index (χ2n) is 5.17. The van der Waals surface area contributed by atoms with Gasteiger partial charge in [-0.2, -0.15) is 0 Å². The maximum absolute atomic E-state index is 12.2. The average Bonchev–Trinajstić information content (AvgIpc) is 2.44. The highest BCUT2D eigenvalue weighted by Crippen LogP contribution is 2.34. The number of hydrogen-bond donors (Lipinski definition) is 0. The molecule has 0 saturated carbocycles. The monoisotopic (exact) mass is 267 g/mol. The molecule has 1 aliphatic heterocycles. The first-order chi connectivity index (χ1) is 9.65. The molecule has 1 amide bonds. The van der Waals surface area contributed by atoms with E-state index in [1.54, 1.807) is 0 Å². The fraction of sp³-hybridized carbons (Fsp3) is 0.235. The molecule has 0 saturated heterocycles. The minimum Gasteiger partial charge on any atom is -0.482 e. The number of amides is 1. The molecule has 0 fully saturated rings. The topological polar surface area (TPSA) is 29.5 Å². The van der Waals surface area contributed by atoms with Crippen molar-refractivity contribution in [1.82, 2.24) is 0 Å². The number of carbonyl (C=O) groups excluding carboxylic acids is 1. The van der Waals surface area contributed by atoms with Gasteiger partial charge in [0.15, 0.2) is 6.61 Å². The number of rotatable bonds is 2. The third kappa shape index (κ3) is 2.27. The Labute approximate surface area is 118 Å². The van der Waals surface area contributed by atoms with Crippen LogP contribution in [0.2, 0.25) is 0 Å². The van der Waals surface area contributed by atoms with Gasteiger partial charge in [0.1, 0.15) is 5.75 Å². The normalized spacial score (nSPS) is 13.9. The van der Waals surface area contributed by atoms with Crippen molar-refractivity contribution < 1.29 is 9.53 Å². The molecule has 3 rings (SSSR count). The van der Waals surface area contributed by atoms with Crippen LogP contribution in [0, 0.1) is 13.8 Å². The molecule has 0 unspecified atom stereocenters. The van der Waals surface area contributed by atoms with Crippen LogP contribution in [-0.4, -0.2) is 12.5 Å². The van der Waals surface area contributed by atoms with Gasteiger partial charge in [0.25, 0.3) is 5.91 Å². The van der Waals surface area contributed by atoms with E-state index in [1.807, 2.05) is 42.2 Å². The highest BCUT2D eigenvalue weighted by atomic mass is 16.5. The molecule has 0 N–H and O–H groups in total. The van der Waals surface area contributed by atoms with Crippen LogP contribution >= 0.6 is 0 Å². The van der Waals surface area contributed by atoms with Crippen molar-refractivity contribution in [2.45, 2.75) is 20.4 Å². The van der Waals surface area contributed by atoms with E-state index in [-0.39, 0.29) is 12.5 Å². The molecule has 0 aromatic heterocycles. The molecule has 3 heteroatoms. The molecular formula is C17H17NO2. The molecular weight excluding hydrogens is 250 g/mol. The molecule has 20 heavy (non-hydrogen) atoms. The second kappa shape index (κ2) is 5.00. The second-order valence-corrected chi connectivity index (χ2v) is 5.17. The third-order valence-corrected chi connectivity index (χ3v) is 3.65. The average molecular weight is 267 g/mol. The van der Waals surface area contributed by atoms with Crippen LogP contribution in [-0.2, 0) is 11.3 Å². The zero-order valence-electron chi connectivity index (χ0n) is 11.7. The SMILES string of the molecule is Cc1ccc2c(c1)N(Cc1ccccc1C)C(=O)CO2. The van der Waals surface area contributed by atoms with Crippen molar-refractivity contribution in [2.24, 2.45) is 0 Å². The fourth-order valence-electron chi connectivity index (χ4n) is 2.44. The van der Waals surface area contributed by atoms with E-state index in [2.05, 4.69) is 19.1 Å². The summed E-state index contributed by atoms with van der Waals surface area (Å²) >= 11 is 0. The Morgan fingerprint density at radius 1 is 1.15 bits per heavy atom. The standard InChI is InChI=1S/C17H17NO2/c1-12-7-8-16-15(9-12)18(17(19)11-20-16)10-14-6-4-3-5-13(14)2/h3-9H,10-11H2,1-2H3. The van der Waals surface area contributed by atoms with E-state index in [0.29, 0.717) is 6.54 Å². The summed E-state index contributed by atoms with van der Waals surface area (Å²) in [5, 5.41) is 0. The highest BCUT2D eigenvalue weighted by Gasteiger charge is 2.25.